The van der Waals surface area contributed by atoms with Gasteiger partial charge in [0.2, 0.25) is 11.9 Å². The molecular formula is C32H48N10O3. The molecule has 244 valence electrons. The number of benzene rings is 1. The second-order valence-electron chi connectivity index (χ2n) is 12.2. The molecule has 2 fully saturated rings. The molecule has 0 unspecified atom stereocenters. The number of fused-ring (bicyclic) bond motifs is 1. The third kappa shape index (κ3) is 10.4. The smallest absolute Gasteiger partial charge is 0.303 e. The molecule has 13 nitrogen and oxygen atoms in total. The zero-order valence-electron chi connectivity index (χ0n) is 26.2. The van der Waals surface area contributed by atoms with Gasteiger partial charge in [-0.05, 0) is 70.3 Å². The molecule has 0 radical (unpaired) electrons. The molecule has 0 bridgehead atoms. The average molecular weight is 621 g/mol. The number of amides is 1. The van der Waals surface area contributed by atoms with Crippen LogP contribution in [0.1, 0.15) is 76.3 Å². The number of hydrogen-bond donors (Lipinski definition) is 5. The molecule has 13 heteroatoms. The van der Waals surface area contributed by atoms with Gasteiger partial charge in [0.15, 0.2) is 0 Å². The Bertz CT molecular complexity index is 1370. The van der Waals surface area contributed by atoms with Crippen LogP contribution in [-0.4, -0.2) is 91.7 Å². The highest BCUT2D eigenvalue weighted by molar-refractivity contribution is 5.90. The Labute approximate surface area is 264 Å². The number of aryl methyl sites for hydroxylation is 1. The number of para-hydroxylation sites is 1. The Kier molecular flexibility index (Phi) is 12.3. The predicted octanol–water partition coefficient (Wildman–Crippen LogP) is 3.39. The molecule has 5 rings (SSSR count). The zero-order valence-corrected chi connectivity index (χ0v) is 26.2. The summed E-state index contributed by atoms with van der Waals surface area (Å²) in [5.74, 6) is 0.210. The molecule has 1 aromatic carbocycles. The Morgan fingerprint density at radius 1 is 0.911 bits per heavy atom. The van der Waals surface area contributed by atoms with Gasteiger partial charge in [-0.3, -0.25) is 14.3 Å². The summed E-state index contributed by atoms with van der Waals surface area (Å²) >= 11 is 0. The molecule has 2 aromatic heterocycles. The van der Waals surface area contributed by atoms with E-state index in [1.165, 1.54) is 32.1 Å². The lowest BCUT2D eigenvalue weighted by molar-refractivity contribution is -0.141. The van der Waals surface area contributed by atoms with Crippen molar-refractivity contribution >= 4 is 34.5 Å². The number of rotatable bonds is 17. The van der Waals surface area contributed by atoms with E-state index in [4.69, 9.17) is 15.1 Å². The summed E-state index contributed by atoms with van der Waals surface area (Å²) in [6.45, 7) is 5.53. The number of carboxylic acid groups (broad SMARTS) is 1. The van der Waals surface area contributed by atoms with E-state index in [0.29, 0.717) is 25.6 Å². The molecule has 1 aliphatic carbocycles. The van der Waals surface area contributed by atoms with Gasteiger partial charge in [-0.25, -0.2) is 4.98 Å². The fourth-order valence-corrected chi connectivity index (χ4v) is 6.12. The van der Waals surface area contributed by atoms with Crippen LogP contribution in [0.25, 0.3) is 10.9 Å². The first-order chi connectivity index (χ1) is 22.0. The van der Waals surface area contributed by atoms with Crippen LogP contribution >= 0.6 is 0 Å². The fraction of sp³-hybridized carbons (Fsp3) is 0.625. The van der Waals surface area contributed by atoms with E-state index in [9.17, 15) is 9.59 Å². The lowest BCUT2D eigenvalue weighted by Gasteiger charge is -2.33. The minimum absolute atomic E-state index is 0.0440. The second kappa shape index (κ2) is 17.0. The van der Waals surface area contributed by atoms with Gasteiger partial charge in [-0.1, -0.05) is 36.6 Å². The summed E-state index contributed by atoms with van der Waals surface area (Å²) in [6.07, 6.45) is 12.4. The van der Waals surface area contributed by atoms with Crippen molar-refractivity contribution in [3.63, 3.8) is 0 Å². The lowest BCUT2D eigenvalue weighted by Crippen LogP contribution is -2.42. The molecule has 3 aromatic rings. The summed E-state index contributed by atoms with van der Waals surface area (Å²) in [5.41, 5.74) is 1.66. The number of nitrogens with one attached hydrogen (secondary N) is 4. The molecule has 1 saturated carbocycles. The molecule has 3 heterocycles. The molecule has 5 N–H and O–H groups in total. The number of anilines is 2. The van der Waals surface area contributed by atoms with E-state index in [0.717, 1.165) is 80.3 Å². The van der Waals surface area contributed by atoms with Gasteiger partial charge in [-0.2, -0.15) is 4.98 Å². The van der Waals surface area contributed by atoms with Gasteiger partial charge in [0, 0.05) is 43.5 Å². The van der Waals surface area contributed by atoms with Crippen LogP contribution in [0.3, 0.4) is 0 Å². The monoisotopic (exact) mass is 620 g/mol. The van der Waals surface area contributed by atoms with Gasteiger partial charge in [0.25, 0.3) is 0 Å². The molecular weight excluding hydrogens is 572 g/mol. The minimum Gasteiger partial charge on any atom is -0.481 e. The molecule has 1 saturated heterocycles. The van der Waals surface area contributed by atoms with E-state index in [1.54, 1.807) is 4.90 Å². The average Bonchev–Trinajstić information content (AvgIpc) is 3.52. The first kappa shape index (κ1) is 32.6. The number of carbonyl (C=O) groups excluding carboxylic acids is 1. The number of hydrogen-bond acceptors (Lipinski definition) is 10. The van der Waals surface area contributed by atoms with E-state index < -0.39 is 5.97 Å². The van der Waals surface area contributed by atoms with Crippen molar-refractivity contribution in [1.29, 1.82) is 0 Å². The van der Waals surface area contributed by atoms with Crippen LogP contribution in [0, 0.1) is 0 Å². The molecule has 1 amide bonds. The molecule has 0 atom stereocenters. The predicted molar refractivity (Wildman–Crippen MR) is 174 cm³/mol. The maximum atomic E-state index is 12.3. The number of nitrogens with zero attached hydrogens (tertiary/aromatic N) is 6. The van der Waals surface area contributed by atoms with Crippen molar-refractivity contribution in [1.82, 2.24) is 40.5 Å². The van der Waals surface area contributed by atoms with Gasteiger partial charge < -0.3 is 31.3 Å². The van der Waals surface area contributed by atoms with Gasteiger partial charge in [0.05, 0.1) is 24.7 Å². The Balaban J connectivity index is 1.04. The lowest BCUT2D eigenvalue weighted by atomic mass is 9.95. The Morgan fingerprint density at radius 3 is 2.53 bits per heavy atom. The maximum absolute atomic E-state index is 12.3. The quantitative estimate of drug-likeness (QED) is 0.141. The van der Waals surface area contributed by atoms with Crippen molar-refractivity contribution in [2.75, 3.05) is 43.4 Å². The SMILES string of the molecule is O=C(O)CCC(=O)N1CCC(Nc2nc(NCc3cn(CCCNCCCNC4CCCCC4)nn3)nc3ccccc23)CC1. The highest BCUT2D eigenvalue weighted by atomic mass is 16.4. The van der Waals surface area contributed by atoms with Gasteiger partial charge >= 0.3 is 5.97 Å². The van der Waals surface area contributed by atoms with Crippen molar-refractivity contribution in [2.45, 2.75) is 95.8 Å². The van der Waals surface area contributed by atoms with Crippen molar-refractivity contribution < 1.29 is 14.7 Å². The normalized spacial score (nSPS) is 16.2. The van der Waals surface area contributed by atoms with Crippen LogP contribution in [0.5, 0.6) is 0 Å². The first-order valence-corrected chi connectivity index (χ1v) is 16.6. The van der Waals surface area contributed by atoms with E-state index in [1.807, 2.05) is 35.1 Å². The Morgan fingerprint density at radius 2 is 1.71 bits per heavy atom. The summed E-state index contributed by atoms with van der Waals surface area (Å²) in [5, 5.41) is 32.5. The topological polar surface area (TPSA) is 162 Å². The van der Waals surface area contributed by atoms with Gasteiger partial charge in [0.1, 0.15) is 11.5 Å². The maximum Gasteiger partial charge on any atom is 0.303 e. The Hall–Kier alpha value is -3.84. The number of carbonyl (C=O) groups is 2. The summed E-state index contributed by atoms with van der Waals surface area (Å²) in [6, 6.07) is 8.77. The number of piperidine rings is 1. The molecule has 0 spiro atoms. The number of aliphatic carboxylic acids is 1. The van der Waals surface area contributed by atoms with E-state index in [-0.39, 0.29) is 24.8 Å². The van der Waals surface area contributed by atoms with Crippen LogP contribution < -0.4 is 21.3 Å². The number of likely N-dealkylation sites (tertiary alicyclic amines) is 1. The summed E-state index contributed by atoms with van der Waals surface area (Å²) in [7, 11) is 0. The van der Waals surface area contributed by atoms with E-state index >= 15 is 0 Å². The third-order valence-corrected chi connectivity index (χ3v) is 8.67. The summed E-state index contributed by atoms with van der Waals surface area (Å²) < 4.78 is 1.89. The largest absolute Gasteiger partial charge is 0.481 e. The van der Waals surface area contributed by atoms with Crippen LogP contribution in [0.15, 0.2) is 30.5 Å². The van der Waals surface area contributed by atoms with Crippen LogP contribution in [0.2, 0.25) is 0 Å². The standard InChI is InChI=1S/C32H48N10O3/c43-29(12-13-30(44)45)41-20-14-25(15-21-41)36-31-27-10-4-5-11-28(27)37-32(38-31)35-22-26-23-42(40-39-26)19-7-17-33-16-6-18-34-24-8-2-1-3-9-24/h4-5,10-11,23-25,33-34H,1-3,6-9,12-22H2,(H,44,45)(H2,35,36,37,38). The van der Waals surface area contributed by atoms with E-state index in [2.05, 4.69) is 31.6 Å². The number of aromatic nitrogens is 5. The summed E-state index contributed by atoms with van der Waals surface area (Å²) in [4.78, 5) is 34.4. The molecule has 1 aliphatic heterocycles. The minimum atomic E-state index is -0.948. The zero-order chi connectivity index (χ0) is 31.3. The van der Waals surface area contributed by atoms with Crippen LogP contribution in [-0.2, 0) is 22.7 Å². The van der Waals surface area contributed by atoms with Crippen molar-refractivity contribution in [2.24, 2.45) is 0 Å². The fourth-order valence-electron chi connectivity index (χ4n) is 6.12. The highest BCUT2D eigenvalue weighted by Crippen LogP contribution is 2.25. The van der Waals surface area contributed by atoms with Gasteiger partial charge in [-0.15, -0.1) is 5.10 Å². The second-order valence-corrected chi connectivity index (χ2v) is 12.2. The number of carboxylic acids is 1. The van der Waals surface area contributed by atoms with Crippen molar-refractivity contribution in [3.05, 3.63) is 36.2 Å². The molecule has 2 aliphatic rings. The molecule has 45 heavy (non-hydrogen) atoms. The third-order valence-electron chi connectivity index (χ3n) is 8.67. The first-order valence-electron chi connectivity index (χ1n) is 16.6. The van der Waals surface area contributed by atoms with Crippen molar-refractivity contribution in [3.8, 4) is 0 Å². The highest BCUT2D eigenvalue weighted by Gasteiger charge is 2.24. The van der Waals surface area contributed by atoms with Crippen LogP contribution in [0.4, 0.5) is 11.8 Å².